The van der Waals surface area contributed by atoms with Crippen LogP contribution in [0.25, 0.3) is 0 Å². The molecule has 0 unspecified atom stereocenters. The average molecular weight is 282 g/mol. The molecular formula is C12H14N2O4S. The number of nitrogens with two attached hydrogens (primary N) is 1. The van der Waals surface area contributed by atoms with E-state index in [1.807, 2.05) is 0 Å². The van der Waals surface area contributed by atoms with Gasteiger partial charge in [-0.25, -0.2) is 0 Å². The van der Waals surface area contributed by atoms with Gasteiger partial charge in [-0.3, -0.25) is 14.4 Å². The van der Waals surface area contributed by atoms with Gasteiger partial charge in [-0.2, -0.15) is 0 Å². The molecule has 7 heteroatoms. The summed E-state index contributed by atoms with van der Waals surface area (Å²) >= 11 is 1.06. The van der Waals surface area contributed by atoms with E-state index in [2.05, 4.69) is 0 Å². The van der Waals surface area contributed by atoms with E-state index in [0.29, 0.717) is 5.69 Å². The van der Waals surface area contributed by atoms with Crippen LogP contribution >= 0.6 is 11.8 Å². The van der Waals surface area contributed by atoms with Crippen LogP contribution in [0.4, 0.5) is 5.69 Å². The number of para-hydroxylation sites is 1. The third-order valence-electron chi connectivity index (χ3n) is 2.13. The van der Waals surface area contributed by atoms with Crippen LogP contribution in [-0.2, 0) is 14.4 Å². The molecule has 3 N–H and O–H groups in total. The van der Waals surface area contributed by atoms with Gasteiger partial charge in [0.2, 0.25) is 11.8 Å². The predicted octanol–water partition coefficient (Wildman–Crippen LogP) is 0.323. The number of carbonyl (C=O) groups excluding carboxylic acids is 2. The van der Waals surface area contributed by atoms with Crippen LogP contribution in [-0.4, -0.2) is 40.9 Å². The Morgan fingerprint density at radius 2 is 1.79 bits per heavy atom. The topological polar surface area (TPSA) is 101 Å². The molecule has 0 fully saturated rings. The van der Waals surface area contributed by atoms with Gasteiger partial charge in [0.1, 0.15) is 6.54 Å². The number of benzene rings is 1. The van der Waals surface area contributed by atoms with E-state index < -0.39 is 18.4 Å². The minimum atomic E-state index is -1.10. The maximum Gasteiger partial charge on any atom is 0.323 e. The van der Waals surface area contributed by atoms with E-state index in [1.54, 1.807) is 30.3 Å². The Balaban J connectivity index is 2.71. The molecule has 0 aromatic heterocycles. The normalized spacial score (nSPS) is 9.89. The maximum atomic E-state index is 12.0. The number of nitrogens with zero attached hydrogens (tertiary/aromatic N) is 1. The molecule has 0 spiro atoms. The smallest absolute Gasteiger partial charge is 0.323 e. The quantitative estimate of drug-likeness (QED) is 0.750. The predicted molar refractivity (Wildman–Crippen MR) is 73.0 cm³/mol. The first kappa shape index (κ1) is 15.0. The third-order valence-corrected chi connectivity index (χ3v) is 3.07. The Kier molecular flexibility index (Phi) is 5.87. The summed E-state index contributed by atoms with van der Waals surface area (Å²) in [6, 6.07) is 8.51. The molecule has 1 aromatic rings. The molecule has 0 aliphatic rings. The van der Waals surface area contributed by atoms with Crippen molar-refractivity contribution < 1.29 is 19.5 Å². The number of primary amides is 1. The molecule has 19 heavy (non-hydrogen) atoms. The number of anilines is 1. The number of hydrogen-bond donors (Lipinski definition) is 2. The molecule has 0 saturated carbocycles. The standard InChI is InChI=1S/C12H14N2O4S/c13-10(15)7-19-8-11(16)14(6-12(17)18)9-4-2-1-3-5-9/h1-5H,6-8H2,(H2,13,15)(H,17,18). The summed E-state index contributed by atoms with van der Waals surface area (Å²) in [5.41, 5.74) is 5.48. The van der Waals surface area contributed by atoms with Crippen LogP contribution in [0, 0.1) is 0 Å². The number of carbonyl (C=O) groups is 3. The Hall–Kier alpha value is -2.02. The Bertz CT molecular complexity index is 464. The summed E-state index contributed by atoms with van der Waals surface area (Å²) in [6.45, 7) is -0.417. The fourth-order valence-electron chi connectivity index (χ4n) is 1.38. The molecular weight excluding hydrogens is 268 g/mol. The second kappa shape index (κ2) is 7.42. The Morgan fingerprint density at radius 1 is 1.16 bits per heavy atom. The molecule has 1 aromatic carbocycles. The van der Waals surface area contributed by atoms with Crippen molar-refractivity contribution in [3.05, 3.63) is 30.3 Å². The van der Waals surface area contributed by atoms with E-state index in [0.717, 1.165) is 16.7 Å². The van der Waals surface area contributed by atoms with Crippen LogP contribution < -0.4 is 10.6 Å². The van der Waals surface area contributed by atoms with Gasteiger partial charge in [-0.05, 0) is 12.1 Å². The molecule has 102 valence electrons. The van der Waals surface area contributed by atoms with E-state index >= 15 is 0 Å². The summed E-state index contributed by atoms with van der Waals surface area (Å²) in [5.74, 6) is -1.95. The first-order valence-electron chi connectivity index (χ1n) is 5.44. The maximum absolute atomic E-state index is 12.0. The van der Waals surface area contributed by atoms with Gasteiger partial charge in [0, 0.05) is 5.69 Å². The van der Waals surface area contributed by atoms with Gasteiger partial charge in [0.25, 0.3) is 0 Å². The van der Waals surface area contributed by atoms with Gasteiger partial charge in [0.05, 0.1) is 11.5 Å². The van der Waals surface area contributed by atoms with Crippen molar-refractivity contribution in [1.29, 1.82) is 0 Å². The number of thioether (sulfide) groups is 1. The molecule has 2 amide bonds. The second-order valence-corrected chi connectivity index (χ2v) is 4.65. The summed E-state index contributed by atoms with van der Waals surface area (Å²) in [5, 5.41) is 8.83. The molecule has 0 radical (unpaired) electrons. The minimum absolute atomic E-state index is 0.00507. The SMILES string of the molecule is NC(=O)CSCC(=O)N(CC(=O)O)c1ccccc1. The summed E-state index contributed by atoms with van der Waals surface area (Å²) in [6.07, 6.45) is 0. The molecule has 1 rings (SSSR count). The third kappa shape index (κ3) is 5.43. The molecule has 0 bridgehead atoms. The number of amides is 2. The lowest BCUT2D eigenvalue weighted by Crippen LogP contribution is -2.37. The zero-order valence-corrected chi connectivity index (χ0v) is 10.9. The zero-order chi connectivity index (χ0) is 14.3. The lowest BCUT2D eigenvalue weighted by atomic mass is 10.3. The molecule has 0 aliphatic heterocycles. The van der Waals surface area contributed by atoms with Crippen molar-refractivity contribution in [3.63, 3.8) is 0 Å². The van der Waals surface area contributed by atoms with Crippen LogP contribution in [0.3, 0.4) is 0 Å². The Morgan fingerprint density at radius 3 is 2.32 bits per heavy atom. The fourth-order valence-corrected chi connectivity index (χ4v) is 2.02. The molecule has 0 aliphatic carbocycles. The van der Waals surface area contributed by atoms with Crippen LogP contribution in [0.15, 0.2) is 30.3 Å². The van der Waals surface area contributed by atoms with E-state index in [4.69, 9.17) is 10.8 Å². The van der Waals surface area contributed by atoms with Gasteiger partial charge in [0.15, 0.2) is 0 Å². The van der Waals surface area contributed by atoms with Crippen LogP contribution in [0.1, 0.15) is 0 Å². The molecule has 0 atom stereocenters. The van der Waals surface area contributed by atoms with Crippen molar-refractivity contribution in [2.24, 2.45) is 5.73 Å². The number of carboxylic acid groups (broad SMARTS) is 1. The first-order chi connectivity index (χ1) is 9.00. The summed E-state index contributed by atoms with van der Waals surface area (Å²) in [7, 11) is 0. The molecule has 0 saturated heterocycles. The zero-order valence-electron chi connectivity index (χ0n) is 10.1. The summed E-state index contributed by atoms with van der Waals surface area (Å²) in [4.78, 5) is 34.5. The van der Waals surface area contributed by atoms with E-state index in [9.17, 15) is 14.4 Å². The number of rotatable bonds is 7. The van der Waals surface area contributed by atoms with Crippen molar-refractivity contribution in [2.45, 2.75) is 0 Å². The highest BCUT2D eigenvalue weighted by Gasteiger charge is 2.18. The van der Waals surface area contributed by atoms with Gasteiger partial charge in [-0.15, -0.1) is 11.8 Å². The van der Waals surface area contributed by atoms with Crippen LogP contribution in [0.5, 0.6) is 0 Å². The van der Waals surface area contributed by atoms with Crippen molar-refractivity contribution in [1.82, 2.24) is 0 Å². The Labute approximate surface area is 114 Å². The largest absolute Gasteiger partial charge is 0.480 e. The fraction of sp³-hybridized carbons (Fsp3) is 0.250. The van der Waals surface area contributed by atoms with Crippen molar-refractivity contribution in [2.75, 3.05) is 23.0 Å². The summed E-state index contributed by atoms with van der Waals surface area (Å²) < 4.78 is 0. The minimum Gasteiger partial charge on any atom is -0.480 e. The molecule has 0 heterocycles. The highest BCUT2D eigenvalue weighted by molar-refractivity contribution is 8.00. The van der Waals surface area contributed by atoms with Crippen molar-refractivity contribution >= 4 is 35.2 Å². The highest BCUT2D eigenvalue weighted by atomic mass is 32.2. The first-order valence-corrected chi connectivity index (χ1v) is 6.59. The molecule has 6 nitrogen and oxygen atoms in total. The monoisotopic (exact) mass is 282 g/mol. The van der Waals surface area contributed by atoms with Crippen LogP contribution in [0.2, 0.25) is 0 Å². The van der Waals surface area contributed by atoms with E-state index in [-0.39, 0.29) is 17.4 Å². The van der Waals surface area contributed by atoms with Crippen molar-refractivity contribution in [3.8, 4) is 0 Å². The highest BCUT2D eigenvalue weighted by Crippen LogP contribution is 2.15. The number of hydrogen-bond acceptors (Lipinski definition) is 4. The van der Waals surface area contributed by atoms with Gasteiger partial charge >= 0.3 is 5.97 Å². The second-order valence-electron chi connectivity index (χ2n) is 3.67. The van der Waals surface area contributed by atoms with Gasteiger partial charge < -0.3 is 15.7 Å². The number of aliphatic carboxylic acids is 1. The van der Waals surface area contributed by atoms with E-state index in [1.165, 1.54) is 0 Å². The average Bonchev–Trinajstić information content (AvgIpc) is 2.36. The number of carboxylic acids is 1. The lowest BCUT2D eigenvalue weighted by Gasteiger charge is -2.20. The lowest BCUT2D eigenvalue weighted by molar-refractivity contribution is -0.136. The van der Waals surface area contributed by atoms with Gasteiger partial charge in [-0.1, -0.05) is 18.2 Å².